The van der Waals surface area contributed by atoms with E-state index in [1.807, 2.05) is 6.07 Å². The number of imide groups is 1. The van der Waals surface area contributed by atoms with Gasteiger partial charge >= 0.3 is 0 Å². The van der Waals surface area contributed by atoms with Gasteiger partial charge in [-0.05, 0) is 42.7 Å². The first-order valence-corrected chi connectivity index (χ1v) is 6.86. The van der Waals surface area contributed by atoms with Crippen molar-refractivity contribution in [1.82, 2.24) is 4.90 Å². The van der Waals surface area contributed by atoms with Crippen molar-refractivity contribution in [3.05, 3.63) is 71.0 Å². The van der Waals surface area contributed by atoms with Crippen molar-refractivity contribution in [2.24, 2.45) is 0 Å². The zero-order valence-corrected chi connectivity index (χ0v) is 11.4. The predicted octanol–water partition coefficient (Wildman–Crippen LogP) is 3.05. The molecule has 1 aliphatic heterocycles. The second-order valence-electron chi connectivity index (χ2n) is 5.04. The van der Waals surface area contributed by atoms with Crippen molar-refractivity contribution < 1.29 is 14.0 Å². The lowest BCUT2D eigenvalue weighted by atomic mass is 10.1. The largest absolute Gasteiger partial charge is 0.274 e. The van der Waals surface area contributed by atoms with Gasteiger partial charge in [0.05, 0.1) is 11.1 Å². The summed E-state index contributed by atoms with van der Waals surface area (Å²) in [6, 6.07) is 13.2. The average Bonchev–Trinajstić information content (AvgIpc) is 2.73. The van der Waals surface area contributed by atoms with E-state index in [-0.39, 0.29) is 17.6 Å². The molecule has 2 amide bonds. The molecular formula is C17H14FNO2. The van der Waals surface area contributed by atoms with Crippen LogP contribution in [0.1, 0.15) is 32.7 Å². The molecule has 0 spiro atoms. The van der Waals surface area contributed by atoms with Crippen LogP contribution in [0, 0.1) is 5.82 Å². The molecule has 0 saturated heterocycles. The van der Waals surface area contributed by atoms with Crippen LogP contribution < -0.4 is 0 Å². The van der Waals surface area contributed by atoms with Crippen LogP contribution in [0.15, 0.2) is 48.5 Å². The van der Waals surface area contributed by atoms with Crippen molar-refractivity contribution in [3.8, 4) is 0 Å². The van der Waals surface area contributed by atoms with Gasteiger partial charge in [-0.2, -0.15) is 0 Å². The SMILES string of the molecule is O=C1c2ccccc2C(=O)N1CCCc1cccc(F)c1. The topological polar surface area (TPSA) is 37.4 Å². The first kappa shape index (κ1) is 13.5. The fourth-order valence-electron chi connectivity index (χ4n) is 2.58. The maximum Gasteiger partial charge on any atom is 0.261 e. The first-order chi connectivity index (χ1) is 10.2. The number of carbonyl (C=O) groups excluding carboxylic acids is 2. The van der Waals surface area contributed by atoms with Crippen LogP contribution in [-0.2, 0) is 6.42 Å². The Balaban J connectivity index is 1.65. The average molecular weight is 283 g/mol. The molecule has 0 atom stereocenters. The molecule has 0 fully saturated rings. The fraction of sp³-hybridized carbons (Fsp3) is 0.176. The summed E-state index contributed by atoms with van der Waals surface area (Å²) < 4.78 is 13.1. The second kappa shape index (κ2) is 5.48. The van der Waals surface area contributed by atoms with Crippen molar-refractivity contribution >= 4 is 11.8 Å². The maximum atomic E-state index is 13.1. The number of carbonyl (C=O) groups is 2. The molecule has 1 heterocycles. The maximum absolute atomic E-state index is 13.1. The highest BCUT2D eigenvalue weighted by atomic mass is 19.1. The minimum atomic E-state index is -0.270. The molecule has 0 radical (unpaired) electrons. The summed E-state index contributed by atoms with van der Waals surface area (Å²) in [4.78, 5) is 25.6. The summed E-state index contributed by atoms with van der Waals surface area (Å²) in [5.41, 5.74) is 1.80. The van der Waals surface area contributed by atoms with Crippen LogP contribution >= 0.6 is 0 Å². The van der Waals surface area contributed by atoms with Gasteiger partial charge in [0, 0.05) is 6.54 Å². The highest BCUT2D eigenvalue weighted by Crippen LogP contribution is 2.22. The minimum absolute atomic E-state index is 0.241. The number of hydrogen-bond donors (Lipinski definition) is 0. The number of benzene rings is 2. The highest BCUT2D eigenvalue weighted by Gasteiger charge is 2.34. The summed E-state index contributed by atoms with van der Waals surface area (Å²) >= 11 is 0. The molecule has 106 valence electrons. The van der Waals surface area contributed by atoms with Crippen molar-refractivity contribution in [2.75, 3.05) is 6.54 Å². The van der Waals surface area contributed by atoms with Crippen LogP contribution in [0.2, 0.25) is 0 Å². The third-order valence-electron chi connectivity index (χ3n) is 3.61. The Morgan fingerprint density at radius 1 is 0.905 bits per heavy atom. The van der Waals surface area contributed by atoms with E-state index < -0.39 is 0 Å². The lowest BCUT2D eigenvalue weighted by Crippen LogP contribution is -2.30. The highest BCUT2D eigenvalue weighted by molar-refractivity contribution is 6.21. The van der Waals surface area contributed by atoms with Gasteiger partial charge in [0.25, 0.3) is 11.8 Å². The van der Waals surface area contributed by atoms with Crippen molar-refractivity contribution in [2.45, 2.75) is 12.8 Å². The van der Waals surface area contributed by atoms with Crippen LogP contribution in [0.3, 0.4) is 0 Å². The number of nitrogens with zero attached hydrogens (tertiary/aromatic N) is 1. The Morgan fingerprint density at radius 2 is 1.57 bits per heavy atom. The summed E-state index contributed by atoms with van der Waals surface area (Å²) in [6.07, 6.45) is 1.25. The molecule has 2 aromatic rings. The van der Waals surface area contributed by atoms with Crippen LogP contribution in [-0.4, -0.2) is 23.3 Å². The summed E-state index contributed by atoms with van der Waals surface area (Å²) in [5.74, 6) is -0.752. The zero-order chi connectivity index (χ0) is 14.8. The number of aryl methyl sites for hydroxylation is 1. The van der Waals surface area contributed by atoms with Crippen molar-refractivity contribution in [3.63, 3.8) is 0 Å². The van der Waals surface area contributed by atoms with E-state index >= 15 is 0 Å². The van der Waals surface area contributed by atoms with E-state index in [1.165, 1.54) is 17.0 Å². The van der Waals surface area contributed by atoms with E-state index in [4.69, 9.17) is 0 Å². The molecule has 0 unspecified atom stereocenters. The second-order valence-corrected chi connectivity index (χ2v) is 5.04. The Hall–Kier alpha value is -2.49. The molecule has 2 aromatic carbocycles. The summed E-state index contributed by atoms with van der Waals surface area (Å²) in [6.45, 7) is 0.350. The molecular weight excluding hydrogens is 269 g/mol. The summed E-state index contributed by atoms with van der Waals surface area (Å²) in [5, 5.41) is 0. The van der Waals surface area contributed by atoms with E-state index in [0.717, 1.165) is 5.56 Å². The minimum Gasteiger partial charge on any atom is -0.274 e. The normalized spacial score (nSPS) is 13.7. The van der Waals surface area contributed by atoms with Gasteiger partial charge in [0.1, 0.15) is 5.82 Å². The number of hydrogen-bond acceptors (Lipinski definition) is 2. The fourth-order valence-corrected chi connectivity index (χ4v) is 2.58. The first-order valence-electron chi connectivity index (χ1n) is 6.86. The monoisotopic (exact) mass is 283 g/mol. The molecule has 3 rings (SSSR count). The van der Waals surface area contributed by atoms with E-state index in [1.54, 1.807) is 30.3 Å². The van der Waals surface area contributed by atoms with E-state index in [9.17, 15) is 14.0 Å². The predicted molar refractivity (Wildman–Crippen MR) is 76.5 cm³/mol. The Labute approximate surface area is 122 Å². The Morgan fingerprint density at radius 3 is 2.19 bits per heavy atom. The Kier molecular flexibility index (Phi) is 3.52. The van der Waals surface area contributed by atoms with Gasteiger partial charge in [-0.3, -0.25) is 14.5 Å². The van der Waals surface area contributed by atoms with Crippen molar-refractivity contribution in [1.29, 1.82) is 0 Å². The quantitative estimate of drug-likeness (QED) is 0.809. The van der Waals surface area contributed by atoms with Crippen LogP contribution in [0.4, 0.5) is 4.39 Å². The molecule has 4 heteroatoms. The molecule has 0 bridgehead atoms. The lowest BCUT2D eigenvalue weighted by Gasteiger charge is -2.13. The number of rotatable bonds is 4. The number of fused-ring (bicyclic) bond motifs is 1. The van der Waals surface area contributed by atoms with Gasteiger partial charge in [0.2, 0.25) is 0 Å². The smallest absolute Gasteiger partial charge is 0.261 e. The number of amides is 2. The molecule has 0 aliphatic carbocycles. The van der Waals surface area contributed by atoms with Crippen LogP contribution in [0.25, 0.3) is 0 Å². The number of halogens is 1. The van der Waals surface area contributed by atoms with E-state index in [0.29, 0.717) is 30.5 Å². The third-order valence-corrected chi connectivity index (χ3v) is 3.61. The lowest BCUT2D eigenvalue weighted by molar-refractivity contribution is 0.0652. The molecule has 0 saturated carbocycles. The molecule has 1 aliphatic rings. The van der Waals surface area contributed by atoms with E-state index in [2.05, 4.69) is 0 Å². The van der Waals surface area contributed by atoms with Gasteiger partial charge in [-0.25, -0.2) is 4.39 Å². The van der Waals surface area contributed by atoms with Gasteiger partial charge in [-0.15, -0.1) is 0 Å². The Bertz CT molecular complexity index is 676. The third kappa shape index (κ3) is 2.57. The standard InChI is InChI=1S/C17H14FNO2/c18-13-7-3-5-12(11-13)6-4-10-19-16(20)14-8-1-2-9-15(14)17(19)21/h1-3,5,7-9,11H,4,6,10H2. The van der Waals surface area contributed by atoms with Gasteiger partial charge in [-0.1, -0.05) is 24.3 Å². The zero-order valence-electron chi connectivity index (χ0n) is 11.4. The van der Waals surface area contributed by atoms with Gasteiger partial charge in [0.15, 0.2) is 0 Å². The molecule has 3 nitrogen and oxygen atoms in total. The van der Waals surface area contributed by atoms with Gasteiger partial charge < -0.3 is 0 Å². The summed E-state index contributed by atoms with van der Waals surface area (Å²) in [7, 11) is 0. The molecule has 0 N–H and O–H groups in total. The molecule has 0 aromatic heterocycles. The van der Waals surface area contributed by atoms with Crippen LogP contribution in [0.5, 0.6) is 0 Å². The molecule has 21 heavy (non-hydrogen) atoms.